The second-order valence-electron chi connectivity index (χ2n) is 3.01. The predicted octanol–water partition coefficient (Wildman–Crippen LogP) is 0.593. The summed E-state index contributed by atoms with van der Waals surface area (Å²) in [5.74, 6) is 0. The lowest BCUT2D eigenvalue weighted by Gasteiger charge is -2.13. The van der Waals surface area contributed by atoms with E-state index >= 15 is 0 Å². The molecule has 1 heterocycles. The molecule has 1 rings (SSSR count). The molecule has 4 nitrogen and oxygen atoms in total. The normalized spacial score (nSPS) is 22.7. The van der Waals surface area contributed by atoms with E-state index in [4.69, 9.17) is 5.11 Å². The highest BCUT2D eigenvalue weighted by molar-refractivity contribution is 5.65. The van der Waals surface area contributed by atoms with Gasteiger partial charge in [-0.15, -0.1) is 0 Å². The zero-order chi connectivity index (χ0) is 9.84. The number of hydrogen-bond acceptors (Lipinski definition) is 2. The van der Waals surface area contributed by atoms with Gasteiger partial charge in [0, 0.05) is 19.1 Å². The van der Waals surface area contributed by atoms with Crippen LogP contribution in [-0.2, 0) is 0 Å². The summed E-state index contributed by atoms with van der Waals surface area (Å²) in [4.78, 5) is 11.7. The Morgan fingerprint density at radius 2 is 2.38 bits per heavy atom. The quantitative estimate of drug-likeness (QED) is 0.691. The molecule has 0 saturated carbocycles. The topological polar surface area (TPSA) is 52.6 Å². The molecule has 6 heteroatoms. The number of halogens is 2. The number of hydrogen-bond donors (Lipinski definition) is 2. The average Bonchev–Trinajstić information content (AvgIpc) is 2.48. The van der Waals surface area contributed by atoms with Crippen LogP contribution < -0.4 is 5.32 Å². The van der Waals surface area contributed by atoms with E-state index in [0.717, 1.165) is 0 Å². The van der Waals surface area contributed by atoms with Gasteiger partial charge < -0.3 is 15.3 Å². The molecule has 0 aliphatic carbocycles. The molecule has 1 amide bonds. The Kier molecular flexibility index (Phi) is 3.41. The van der Waals surface area contributed by atoms with Crippen LogP contribution in [0.3, 0.4) is 0 Å². The number of nitrogens with one attached hydrogen (secondary N) is 1. The zero-order valence-electron chi connectivity index (χ0n) is 7.04. The molecule has 1 saturated heterocycles. The first-order valence-electron chi connectivity index (χ1n) is 4.09. The van der Waals surface area contributed by atoms with Crippen LogP contribution >= 0.6 is 0 Å². The summed E-state index contributed by atoms with van der Waals surface area (Å²) in [5.41, 5.74) is 0. The maximum atomic E-state index is 11.8. The van der Waals surface area contributed by atoms with E-state index in [-0.39, 0.29) is 12.6 Å². The molecule has 1 aliphatic heterocycles. The second-order valence-corrected chi connectivity index (χ2v) is 3.01. The van der Waals surface area contributed by atoms with Gasteiger partial charge in [-0.2, -0.15) is 0 Å². The van der Waals surface area contributed by atoms with Crippen molar-refractivity contribution in [3.8, 4) is 0 Å². The lowest BCUT2D eigenvalue weighted by Crippen LogP contribution is -2.36. The third-order valence-electron chi connectivity index (χ3n) is 2.02. The molecule has 0 aromatic rings. The summed E-state index contributed by atoms with van der Waals surface area (Å²) in [5, 5.41) is 11.2. The Hall–Kier alpha value is -0.910. The molecular weight excluding hydrogens is 182 g/mol. The first kappa shape index (κ1) is 10.2. The molecule has 0 radical (unpaired) electrons. The van der Waals surface area contributed by atoms with Crippen LogP contribution in [0.4, 0.5) is 13.6 Å². The van der Waals surface area contributed by atoms with E-state index in [1.165, 1.54) is 4.90 Å². The van der Waals surface area contributed by atoms with Crippen molar-refractivity contribution in [2.75, 3.05) is 19.6 Å². The fourth-order valence-corrected chi connectivity index (χ4v) is 1.36. The van der Waals surface area contributed by atoms with E-state index in [1.54, 1.807) is 0 Å². The number of carbonyl (C=O) groups is 1. The van der Waals surface area contributed by atoms with Crippen molar-refractivity contribution >= 4 is 6.09 Å². The first-order valence-corrected chi connectivity index (χ1v) is 4.09. The minimum absolute atomic E-state index is 0.120. The Morgan fingerprint density at radius 3 is 2.85 bits per heavy atom. The van der Waals surface area contributed by atoms with Gasteiger partial charge in [0.15, 0.2) is 0 Å². The van der Waals surface area contributed by atoms with Crippen LogP contribution in [0.15, 0.2) is 0 Å². The number of carboxylic acid groups (broad SMARTS) is 1. The predicted molar refractivity (Wildman–Crippen MR) is 42.0 cm³/mol. The first-order chi connectivity index (χ1) is 6.09. The van der Waals surface area contributed by atoms with Crippen LogP contribution in [0, 0.1) is 0 Å². The number of amides is 1. The molecule has 2 N–H and O–H groups in total. The molecule has 0 aromatic heterocycles. The number of alkyl halides is 2. The Bertz CT molecular complexity index is 189. The lowest BCUT2D eigenvalue weighted by atomic mass is 10.3. The van der Waals surface area contributed by atoms with Crippen LogP contribution in [0.1, 0.15) is 6.42 Å². The van der Waals surface area contributed by atoms with Crippen molar-refractivity contribution in [1.29, 1.82) is 0 Å². The zero-order valence-corrected chi connectivity index (χ0v) is 7.04. The molecule has 0 bridgehead atoms. The monoisotopic (exact) mass is 194 g/mol. The fourth-order valence-electron chi connectivity index (χ4n) is 1.36. The van der Waals surface area contributed by atoms with Gasteiger partial charge in [-0.1, -0.05) is 0 Å². The Balaban J connectivity index is 2.21. The van der Waals surface area contributed by atoms with Crippen molar-refractivity contribution in [3.05, 3.63) is 0 Å². The third-order valence-corrected chi connectivity index (χ3v) is 2.02. The summed E-state index contributed by atoms with van der Waals surface area (Å²) in [6.07, 6.45) is -2.75. The van der Waals surface area contributed by atoms with E-state index < -0.39 is 12.5 Å². The minimum atomic E-state index is -2.38. The van der Waals surface area contributed by atoms with E-state index in [1.807, 2.05) is 0 Å². The lowest BCUT2D eigenvalue weighted by molar-refractivity contribution is 0.139. The summed E-state index contributed by atoms with van der Waals surface area (Å²) < 4.78 is 23.5. The minimum Gasteiger partial charge on any atom is -0.465 e. The van der Waals surface area contributed by atoms with Crippen molar-refractivity contribution < 1.29 is 18.7 Å². The van der Waals surface area contributed by atoms with Crippen LogP contribution in [-0.4, -0.2) is 48.2 Å². The summed E-state index contributed by atoms with van der Waals surface area (Å²) in [7, 11) is 0. The van der Waals surface area contributed by atoms with Gasteiger partial charge in [0.1, 0.15) is 0 Å². The highest BCUT2D eigenvalue weighted by Gasteiger charge is 2.25. The van der Waals surface area contributed by atoms with Gasteiger partial charge in [0.25, 0.3) is 6.43 Å². The Labute approximate surface area is 74.5 Å². The molecule has 0 spiro atoms. The SMILES string of the molecule is O=C(O)N1CC[C@@H](NCC(F)F)C1. The smallest absolute Gasteiger partial charge is 0.407 e. The molecule has 76 valence electrons. The number of nitrogens with zero attached hydrogens (tertiary/aromatic N) is 1. The average molecular weight is 194 g/mol. The van der Waals surface area contributed by atoms with Crippen LogP contribution in [0.5, 0.6) is 0 Å². The van der Waals surface area contributed by atoms with Crippen LogP contribution in [0.25, 0.3) is 0 Å². The van der Waals surface area contributed by atoms with Gasteiger partial charge >= 0.3 is 6.09 Å². The van der Waals surface area contributed by atoms with Crippen molar-refractivity contribution in [2.45, 2.75) is 18.9 Å². The number of likely N-dealkylation sites (tertiary alicyclic amines) is 1. The molecule has 0 aromatic carbocycles. The fraction of sp³-hybridized carbons (Fsp3) is 0.857. The van der Waals surface area contributed by atoms with Gasteiger partial charge in [-0.25, -0.2) is 13.6 Å². The molecular formula is C7H12F2N2O2. The summed E-state index contributed by atoms with van der Waals surface area (Å²) in [6.45, 7) is 0.371. The summed E-state index contributed by atoms with van der Waals surface area (Å²) >= 11 is 0. The highest BCUT2D eigenvalue weighted by Crippen LogP contribution is 2.09. The molecule has 1 atom stereocenters. The van der Waals surface area contributed by atoms with Gasteiger partial charge in [0.2, 0.25) is 0 Å². The van der Waals surface area contributed by atoms with Gasteiger partial charge in [-0.3, -0.25) is 0 Å². The summed E-state index contributed by atoms with van der Waals surface area (Å²) in [6, 6.07) is -0.120. The third kappa shape index (κ3) is 3.14. The molecule has 1 fully saturated rings. The van der Waals surface area contributed by atoms with Crippen molar-refractivity contribution in [3.63, 3.8) is 0 Å². The van der Waals surface area contributed by atoms with E-state index in [0.29, 0.717) is 19.5 Å². The van der Waals surface area contributed by atoms with E-state index in [2.05, 4.69) is 5.32 Å². The molecule has 13 heavy (non-hydrogen) atoms. The van der Waals surface area contributed by atoms with Crippen LogP contribution in [0.2, 0.25) is 0 Å². The van der Waals surface area contributed by atoms with Gasteiger partial charge in [0.05, 0.1) is 6.54 Å². The molecule has 0 unspecified atom stereocenters. The van der Waals surface area contributed by atoms with Gasteiger partial charge in [-0.05, 0) is 6.42 Å². The maximum absolute atomic E-state index is 11.8. The second kappa shape index (κ2) is 4.36. The highest BCUT2D eigenvalue weighted by atomic mass is 19.3. The van der Waals surface area contributed by atoms with Crippen molar-refractivity contribution in [2.24, 2.45) is 0 Å². The largest absolute Gasteiger partial charge is 0.465 e. The molecule has 1 aliphatic rings. The number of rotatable bonds is 3. The van der Waals surface area contributed by atoms with E-state index in [9.17, 15) is 13.6 Å². The maximum Gasteiger partial charge on any atom is 0.407 e. The Morgan fingerprint density at radius 1 is 1.69 bits per heavy atom. The van der Waals surface area contributed by atoms with Crippen molar-refractivity contribution in [1.82, 2.24) is 10.2 Å². The standard InChI is InChI=1S/C7H12F2N2O2/c8-6(9)3-10-5-1-2-11(4-5)7(12)13/h5-6,10H,1-4H2,(H,12,13)/t5-/m1/s1.